The highest BCUT2D eigenvalue weighted by atomic mass is 16.3. The molecule has 0 aliphatic rings. The molecular weight excluding hydrogens is 316 g/mol. The summed E-state index contributed by atoms with van der Waals surface area (Å²) in [4.78, 5) is 28.7. The monoisotopic (exact) mass is 332 g/mol. The number of hydrogen-bond donors (Lipinski definition) is 0. The summed E-state index contributed by atoms with van der Waals surface area (Å²) in [7, 11) is 0. The van der Waals surface area contributed by atoms with E-state index in [0.717, 1.165) is 0 Å². The molecule has 0 saturated carbocycles. The van der Waals surface area contributed by atoms with E-state index in [4.69, 9.17) is 5.26 Å². The summed E-state index contributed by atoms with van der Waals surface area (Å²) < 4.78 is 1.56. The Hall–Kier alpha value is -3.33. The second-order valence-electron chi connectivity index (χ2n) is 6.12. The molecule has 0 aliphatic heterocycles. The number of rotatable bonds is 3. The average molecular weight is 332 g/mol. The van der Waals surface area contributed by atoms with E-state index in [0.29, 0.717) is 33.5 Å². The molecule has 1 aromatic heterocycles. The van der Waals surface area contributed by atoms with E-state index in [1.54, 1.807) is 41.8 Å². The number of fused-ring (bicyclic) bond motifs is 1. The summed E-state index contributed by atoms with van der Waals surface area (Å²) in [6.45, 7) is 5.64. The molecule has 0 bridgehead atoms. The van der Waals surface area contributed by atoms with Crippen LogP contribution in [0.15, 0.2) is 46.4 Å². The normalized spacial score (nSPS) is 10.8. The lowest BCUT2D eigenvalue weighted by Gasteiger charge is -2.17. The van der Waals surface area contributed by atoms with Crippen molar-refractivity contribution in [1.29, 1.82) is 5.26 Å². The summed E-state index contributed by atoms with van der Waals surface area (Å²) >= 11 is 0. The van der Waals surface area contributed by atoms with Crippen LogP contribution < -0.4 is 5.56 Å². The third-order valence-corrected chi connectivity index (χ3v) is 4.16. The number of hydrogen-bond acceptors (Lipinski definition) is 5. The van der Waals surface area contributed by atoms with Gasteiger partial charge in [-0.2, -0.15) is 5.26 Å². The first-order valence-electron chi connectivity index (χ1n) is 7.88. The SMILES string of the molecule is Cc1c(N=O)ccc2c(=O)n(-c3ccc(C#N)cc3)c(C(C)C)nc12. The van der Waals surface area contributed by atoms with Gasteiger partial charge >= 0.3 is 0 Å². The third-order valence-electron chi connectivity index (χ3n) is 4.16. The molecule has 6 nitrogen and oxygen atoms in total. The van der Waals surface area contributed by atoms with E-state index in [1.165, 1.54) is 6.07 Å². The molecule has 1 heterocycles. The van der Waals surface area contributed by atoms with Crippen LogP contribution in [-0.2, 0) is 0 Å². The first kappa shape index (κ1) is 16.5. The van der Waals surface area contributed by atoms with Gasteiger partial charge in [-0.3, -0.25) is 9.36 Å². The first-order valence-corrected chi connectivity index (χ1v) is 7.88. The fourth-order valence-electron chi connectivity index (χ4n) is 2.82. The molecule has 2 aromatic carbocycles. The Morgan fingerprint density at radius 3 is 2.40 bits per heavy atom. The van der Waals surface area contributed by atoms with Crippen molar-refractivity contribution in [3.05, 3.63) is 68.6 Å². The van der Waals surface area contributed by atoms with Crippen LogP contribution in [0.25, 0.3) is 16.6 Å². The van der Waals surface area contributed by atoms with Gasteiger partial charge in [0.1, 0.15) is 11.5 Å². The maximum absolute atomic E-state index is 13.1. The third kappa shape index (κ3) is 2.70. The summed E-state index contributed by atoms with van der Waals surface area (Å²) in [6.07, 6.45) is 0. The average Bonchev–Trinajstić information content (AvgIpc) is 2.62. The molecule has 3 rings (SSSR count). The molecule has 0 fully saturated rings. The molecule has 0 spiro atoms. The number of nitrogens with zero attached hydrogens (tertiary/aromatic N) is 4. The van der Waals surface area contributed by atoms with Crippen molar-refractivity contribution in [2.45, 2.75) is 26.7 Å². The van der Waals surface area contributed by atoms with Crippen molar-refractivity contribution in [1.82, 2.24) is 9.55 Å². The molecule has 0 N–H and O–H groups in total. The molecule has 0 radical (unpaired) electrons. The Bertz CT molecular complexity index is 1070. The maximum atomic E-state index is 13.1. The van der Waals surface area contributed by atoms with E-state index < -0.39 is 0 Å². The minimum atomic E-state index is -0.209. The van der Waals surface area contributed by atoms with Gasteiger partial charge in [0.15, 0.2) is 0 Å². The molecule has 0 aliphatic carbocycles. The fraction of sp³-hybridized carbons (Fsp3) is 0.211. The number of aryl methyl sites for hydroxylation is 1. The summed E-state index contributed by atoms with van der Waals surface area (Å²) in [5, 5.41) is 12.4. The van der Waals surface area contributed by atoms with Crippen LogP contribution in [-0.4, -0.2) is 9.55 Å². The standard InChI is InChI=1S/C19H16N4O2/c1-11(2)18-21-17-12(3)16(22-25)9-8-15(17)19(24)23(18)14-6-4-13(10-20)5-7-14/h4-9,11H,1-3H3. The van der Waals surface area contributed by atoms with Crippen molar-refractivity contribution in [3.63, 3.8) is 0 Å². The lowest BCUT2D eigenvalue weighted by atomic mass is 10.1. The van der Waals surface area contributed by atoms with Crippen molar-refractivity contribution in [2.24, 2.45) is 5.18 Å². The second-order valence-corrected chi connectivity index (χ2v) is 6.12. The first-order chi connectivity index (χ1) is 12.0. The number of aromatic nitrogens is 2. The molecule has 124 valence electrons. The smallest absolute Gasteiger partial charge is 0.265 e. The summed E-state index contributed by atoms with van der Waals surface area (Å²) in [6, 6.07) is 12.0. The van der Waals surface area contributed by atoms with E-state index in [2.05, 4.69) is 16.2 Å². The van der Waals surface area contributed by atoms with Crippen molar-refractivity contribution in [2.75, 3.05) is 0 Å². The van der Waals surface area contributed by atoms with Gasteiger partial charge in [-0.1, -0.05) is 13.8 Å². The molecule has 6 heteroatoms. The van der Waals surface area contributed by atoms with Crippen LogP contribution in [0.4, 0.5) is 5.69 Å². The minimum absolute atomic E-state index is 0.0139. The predicted octanol–water partition coefficient (Wildman–Crippen LogP) is 4.09. The topological polar surface area (TPSA) is 88.1 Å². The Labute approximate surface area is 144 Å². The van der Waals surface area contributed by atoms with Gasteiger partial charge in [0, 0.05) is 11.5 Å². The number of nitroso groups, excluding NO2 is 1. The zero-order valence-electron chi connectivity index (χ0n) is 14.1. The minimum Gasteiger partial charge on any atom is -0.268 e. The van der Waals surface area contributed by atoms with Crippen LogP contribution >= 0.6 is 0 Å². The summed E-state index contributed by atoms with van der Waals surface area (Å²) in [5.74, 6) is 0.577. The van der Waals surface area contributed by atoms with Gasteiger partial charge in [0.2, 0.25) is 0 Å². The van der Waals surface area contributed by atoms with Gasteiger partial charge in [0.25, 0.3) is 5.56 Å². The van der Waals surface area contributed by atoms with Gasteiger partial charge in [-0.15, -0.1) is 4.91 Å². The Balaban J connectivity index is 2.40. The van der Waals surface area contributed by atoms with Crippen molar-refractivity contribution < 1.29 is 0 Å². The van der Waals surface area contributed by atoms with Crippen LogP contribution in [0.3, 0.4) is 0 Å². The van der Waals surface area contributed by atoms with Crippen molar-refractivity contribution in [3.8, 4) is 11.8 Å². The number of benzene rings is 2. The molecule has 0 saturated heterocycles. The quantitative estimate of drug-likeness (QED) is 0.676. The Kier molecular flexibility index (Phi) is 4.15. The zero-order valence-corrected chi connectivity index (χ0v) is 14.1. The highest BCUT2D eigenvalue weighted by Crippen LogP contribution is 2.26. The second kappa shape index (κ2) is 6.29. The molecule has 0 amide bonds. The number of nitriles is 1. The fourth-order valence-corrected chi connectivity index (χ4v) is 2.82. The van der Waals surface area contributed by atoms with Gasteiger partial charge in [-0.25, -0.2) is 4.98 Å². The van der Waals surface area contributed by atoms with Crippen LogP contribution in [0.2, 0.25) is 0 Å². The van der Waals surface area contributed by atoms with Crippen molar-refractivity contribution >= 4 is 16.6 Å². The maximum Gasteiger partial charge on any atom is 0.265 e. The summed E-state index contributed by atoms with van der Waals surface area (Å²) in [5.41, 5.74) is 2.34. The molecule has 0 atom stereocenters. The van der Waals surface area contributed by atoms with E-state index >= 15 is 0 Å². The van der Waals surface area contributed by atoms with Gasteiger partial charge in [0.05, 0.1) is 28.2 Å². The van der Waals surface area contributed by atoms with Gasteiger partial charge in [-0.05, 0) is 48.5 Å². The Morgan fingerprint density at radius 2 is 1.84 bits per heavy atom. The van der Waals surface area contributed by atoms with Crippen LogP contribution in [0.5, 0.6) is 0 Å². The lowest BCUT2D eigenvalue weighted by Crippen LogP contribution is -2.25. The molecule has 25 heavy (non-hydrogen) atoms. The van der Waals surface area contributed by atoms with E-state index in [9.17, 15) is 9.70 Å². The molecular formula is C19H16N4O2. The highest BCUT2D eigenvalue weighted by Gasteiger charge is 2.17. The highest BCUT2D eigenvalue weighted by molar-refractivity contribution is 5.85. The lowest BCUT2D eigenvalue weighted by molar-refractivity contribution is 0.722. The molecule has 0 unspecified atom stereocenters. The Morgan fingerprint density at radius 1 is 1.16 bits per heavy atom. The zero-order chi connectivity index (χ0) is 18.1. The molecule has 3 aromatic rings. The van der Waals surface area contributed by atoms with Crippen LogP contribution in [0, 0.1) is 23.2 Å². The van der Waals surface area contributed by atoms with E-state index in [-0.39, 0.29) is 17.2 Å². The van der Waals surface area contributed by atoms with Gasteiger partial charge < -0.3 is 0 Å². The predicted molar refractivity (Wildman–Crippen MR) is 96.3 cm³/mol. The largest absolute Gasteiger partial charge is 0.268 e. The van der Waals surface area contributed by atoms with Crippen LogP contribution in [0.1, 0.15) is 36.7 Å². The van der Waals surface area contributed by atoms with E-state index in [1.807, 2.05) is 13.8 Å².